The molecular formula is C20H31N3O2S. The Morgan fingerprint density at radius 3 is 2.85 bits per heavy atom. The second kappa shape index (κ2) is 9.00. The van der Waals surface area contributed by atoms with E-state index in [2.05, 4.69) is 32.4 Å². The molecule has 6 heteroatoms. The van der Waals surface area contributed by atoms with E-state index in [1.807, 2.05) is 6.92 Å². The van der Waals surface area contributed by atoms with Gasteiger partial charge in [0, 0.05) is 32.0 Å². The van der Waals surface area contributed by atoms with Gasteiger partial charge in [0.05, 0.1) is 0 Å². The number of piperidine rings is 1. The molecule has 1 saturated carbocycles. The summed E-state index contributed by atoms with van der Waals surface area (Å²) in [5, 5.41) is 10.5. The van der Waals surface area contributed by atoms with Crippen LogP contribution in [0.2, 0.25) is 0 Å². The molecule has 1 unspecified atom stereocenters. The van der Waals surface area contributed by atoms with Crippen molar-refractivity contribution in [3.63, 3.8) is 0 Å². The van der Waals surface area contributed by atoms with Gasteiger partial charge in [-0.15, -0.1) is 0 Å². The third-order valence-corrected chi connectivity index (χ3v) is 6.47. The van der Waals surface area contributed by atoms with Crippen molar-refractivity contribution in [2.24, 2.45) is 5.41 Å². The Hall–Kier alpha value is -1.40. The van der Waals surface area contributed by atoms with Gasteiger partial charge in [-0.25, -0.2) is 0 Å². The molecule has 2 aliphatic rings. The Bertz CT molecular complexity index is 596. The topological polar surface area (TPSA) is 61.4 Å². The van der Waals surface area contributed by atoms with Crippen LogP contribution in [0.3, 0.4) is 0 Å². The largest absolute Gasteiger partial charge is 0.356 e. The monoisotopic (exact) mass is 377 g/mol. The normalized spacial score (nSPS) is 20.7. The first kappa shape index (κ1) is 19.4. The van der Waals surface area contributed by atoms with Gasteiger partial charge in [0.25, 0.3) is 0 Å². The Balaban J connectivity index is 1.55. The lowest BCUT2D eigenvalue weighted by Crippen LogP contribution is -2.39. The molecule has 1 aliphatic heterocycles. The Morgan fingerprint density at radius 2 is 2.15 bits per heavy atom. The van der Waals surface area contributed by atoms with Gasteiger partial charge in [-0.3, -0.25) is 9.59 Å². The van der Waals surface area contributed by atoms with Gasteiger partial charge in [-0.05, 0) is 73.0 Å². The maximum absolute atomic E-state index is 13.0. The van der Waals surface area contributed by atoms with Crippen molar-refractivity contribution in [1.82, 2.24) is 15.5 Å². The Kier molecular flexibility index (Phi) is 6.70. The van der Waals surface area contributed by atoms with E-state index in [1.54, 1.807) is 11.3 Å². The first-order valence-electron chi connectivity index (χ1n) is 9.92. The zero-order chi connectivity index (χ0) is 18.4. The molecule has 5 nitrogen and oxygen atoms in total. The summed E-state index contributed by atoms with van der Waals surface area (Å²) < 4.78 is 0. The standard InChI is InChI=1S/C20H31N3O2S/c1-2-9-22-18(24)4-3-5-19(25)23(14-16-6-12-26-15-16)17-13-20(17)7-10-21-11-8-20/h6,12,15,17,21H,2-5,7-11,13-14H2,1H3,(H,22,24). The van der Waals surface area contributed by atoms with Gasteiger partial charge in [0.2, 0.25) is 11.8 Å². The van der Waals surface area contributed by atoms with Crippen molar-refractivity contribution < 1.29 is 9.59 Å². The fraction of sp³-hybridized carbons (Fsp3) is 0.700. The second-order valence-corrected chi connectivity index (χ2v) is 8.47. The van der Waals surface area contributed by atoms with Crippen LogP contribution in [-0.2, 0) is 16.1 Å². The molecule has 1 atom stereocenters. The number of rotatable bonds is 9. The van der Waals surface area contributed by atoms with Crippen LogP contribution >= 0.6 is 11.3 Å². The van der Waals surface area contributed by atoms with Crippen molar-refractivity contribution in [2.75, 3.05) is 19.6 Å². The highest BCUT2D eigenvalue weighted by Crippen LogP contribution is 2.56. The summed E-state index contributed by atoms with van der Waals surface area (Å²) in [6.07, 6.45) is 5.97. The maximum atomic E-state index is 13.0. The third kappa shape index (κ3) is 4.86. The highest BCUT2D eigenvalue weighted by atomic mass is 32.1. The van der Waals surface area contributed by atoms with Crippen LogP contribution in [0.25, 0.3) is 0 Å². The molecule has 0 aromatic carbocycles. The smallest absolute Gasteiger partial charge is 0.223 e. The van der Waals surface area contributed by atoms with E-state index in [0.29, 0.717) is 37.3 Å². The molecule has 1 aromatic rings. The van der Waals surface area contributed by atoms with E-state index in [4.69, 9.17) is 0 Å². The number of hydrogen-bond acceptors (Lipinski definition) is 4. The number of hydrogen-bond donors (Lipinski definition) is 2. The lowest BCUT2D eigenvalue weighted by molar-refractivity contribution is -0.133. The minimum absolute atomic E-state index is 0.0604. The van der Waals surface area contributed by atoms with E-state index in [-0.39, 0.29) is 11.8 Å². The van der Waals surface area contributed by atoms with Crippen LogP contribution in [-0.4, -0.2) is 42.4 Å². The fourth-order valence-corrected chi connectivity index (χ4v) is 4.74. The summed E-state index contributed by atoms with van der Waals surface area (Å²) >= 11 is 1.68. The summed E-state index contributed by atoms with van der Waals surface area (Å²) in [5.41, 5.74) is 1.56. The molecule has 144 valence electrons. The first-order chi connectivity index (χ1) is 12.6. The Labute approximate surface area is 160 Å². The van der Waals surface area contributed by atoms with Crippen LogP contribution < -0.4 is 10.6 Å². The summed E-state index contributed by atoms with van der Waals surface area (Å²) in [6, 6.07) is 2.49. The lowest BCUT2D eigenvalue weighted by atomic mass is 9.93. The molecule has 3 rings (SSSR count). The minimum Gasteiger partial charge on any atom is -0.356 e. The zero-order valence-corrected chi connectivity index (χ0v) is 16.6. The number of carbonyl (C=O) groups excluding carboxylic acids is 2. The molecule has 2 heterocycles. The first-order valence-corrected chi connectivity index (χ1v) is 10.9. The highest BCUT2D eigenvalue weighted by Gasteiger charge is 2.57. The average molecular weight is 378 g/mol. The van der Waals surface area contributed by atoms with Crippen LogP contribution in [0.1, 0.15) is 57.4 Å². The Morgan fingerprint density at radius 1 is 1.35 bits per heavy atom. The molecule has 1 spiro atoms. The quantitative estimate of drug-likeness (QED) is 0.696. The van der Waals surface area contributed by atoms with Gasteiger partial charge in [0.1, 0.15) is 0 Å². The molecule has 1 aromatic heterocycles. The predicted octanol–water partition coefficient (Wildman–Crippen LogP) is 2.92. The van der Waals surface area contributed by atoms with Crippen LogP contribution in [0.4, 0.5) is 0 Å². The number of amides is 2. The fourth-order valence-electron chi connectivity index (χ4n) is 4.08. The summed E-state index contributed by atoms with van der Waals surface area (Å²) in [4.78, 5) is 26.8. The SMILES string of the molecule is CCCNC(=O)CCCC(=O)N(Cc1ccsc1)C1CC12CCNCC2. The van der Waals surface area contributed by atoms with Gasteiger partial charge in [-0.1, -0.05) is 6.92 Å². The van der Waals surface area contributed by atoms with Crippen LogP contribution in [0.15, 0.2) is 16.8 Å². The van der Waals surface area contributed by atoms with E-state index < -0.39 is 0 Å². The molecule has 1 saturated heterocycles. The summed E-state index contributed by atoms with van der Waals surface area (Å²) in [5.74, 6) is 0.269. The van der Waals surface area contributed by atoms with Crippen molar-refractivity contribution in [2.45, 2.75) is 64.5 Å². The lowest BCUT2D eigenvalue weighted by Gasteiger charge is -2.29. The zero-order valence-electron chi connectivity index (χ0n) is 15.8. The van der Waals surface area contributed by atoms with Crippen molar-refractivity contribution in [3.8, 4) is 0 Å². The molecule has 26 heavy (non-hydrogen) atoms. The average Bonchev–Trinajstić information content (AvgIpc) is 3.07. The van der Waals surface area contributed by atoms with E-state index in [0.717, 1.165) is 32.5 Å². The van der Waals surface area contributed by atoms with E-state index in [9.17, 15) is 9.59 Å². The highest BCUT2D eigenvalue weighted by molar-refractivity contribution is 7.07. The number of carbonyl (C=O) groups is 2. The second-order valence-electron chi connectivity index (χ2n) is 7.69. The van der Waals surface area contributed by atoms with Gasteiger partial charge >= 0.3 is 0 Å². The van der Waals surface area contributed by atoms with E-state index in [1.165, 1.54) is 18.4 Å². The van der Waals surface area contributed by atoms with Crippen molar-refractivity contribution in [1.29, 1.82) is 0 Å². The van der Waals surface area contributed by atoms with Crippen LogP contribution in [0, 0.1) is 5.41 Å². The number of thiophene rings is 1. The molecule has 0 radical (unpaired) electrons. The van der Waals surface area contributed by atoms with Gasteiger partial charge in [-0.2, -0.15) is 11.3 Å². The van der Waals surface area contributed by atoms with Crippen molar-refractivity contribution in [3.05, 3.63) is 22.4 Å². The molecule has 0 bridgehead atoms. The van der Waals surface area contributed by atoms with Gasteiger partial charge < -0.3 is 15.5 Å². The number of nitrogens with one attached hydrogen (secondary N) is 2. The molecular weight excluding hydrogens is 346 g/mol. The molecule has 1 aliphatic carbocycles. The van der Waals surface area contributed by atoms with Crippen molar-refractivity contribution >= 4 is 23.2 Å². The van der Waals surface area contributed by atoms with Gasteiger partial charge in [0.15, 0.2) is 0 Å². The molecule has 2 fully saturated rings. The summed E-state index contributed by atoms with van der Waals surface area (Å²) in [6.45, 7) is 5.60. The maximum Gasteiger partial charge on any atom is 0.223 e. The van der Waals surface area contributed by atoms with E-state index >= 15 is 0 Å². The predicted molar refractivity (Wildman–Crippen MR) is 105 cm³/mol. The number of nitrogens with zero attached hydrogens (tertiary/aromatic N) is 1. The summed E-state index contributed by atoms with van der Waals surface area (Å²) in [7, 11) is 0. The minimum atomic E-state index is 0.0604. The molecule has 2 amide bonds. The molecule has 2 N–H and O–H groups in total. The van der Waals surface area contributed by atoms with Crippen LogP contribution in [0.5, 0.6) is 0 Å². The third-order valence-electron chi connectivity index (χ3n) is 5.74.